The van der Waals surface area contributed by atoms with Gasteiger partial charge in [0.2, 0.25) is 17.7 Å². The summed E-state index contributed by atoms with van der Waals surface area (Å²) in [5, 5.41) is 31.0. The third kappa shape index (κ3) is 5.97. The van der Waals surface area contributed by atoms with E-state index in [1.54, 1.807) is 6.07 Å². The smallest absolute Gasteiger partial charge is 0.243 e. The van der Waals surface area contributed by atoms with Crippen LogP contribution in [0.3, 0.4) is 0 Å². The lowest BCUT2D eigenvalue weighted by atomic mass is 9.94. The molecule has 1 saturated heterocycles. The quantitative estimate of drug-likeness (QED) is 0.337. The van der Waals surface area contributed by atoms with Crippen molar-refractivity contribution in [1.82, 2.24) is 16.0 Å². The Morgan fingerprint density at radius 1 is 1.11 bits per heavy atom. The van der Waals surface area contributed by atoms with E-state index in [1.165, 1.54) is 0 Å². The minimum absolute atomic E-state index is 0.137. The van der Waals surface area contributed by atoms with E-state index in [-0.39, 0.29) is 24.7 Å². The van der Waals surface area contributed by atoms with Gasteiger partial charge < -0.3 is 26.4 Å². The molecule has 9 heteroatoms. The Morgan fingerprint density at radius 2 is 1.86 bits per heavy atom. The number of carbonyl (C=O) groups is 3. The van der Waals surface area contributed by atoms with Gasteiger partial charge in [-0.25, -0.2) is 0 Å². The highest BCUT2D eigenvalue weighted by molar-refractivity contribution is 5.92. The van der Waals surface area contributed by atoms with E-state index in [4.69, 9.17) is 0 Å². The first-order valence-corrected chi connectivity index (χ1v) is 11.8. The largest absolute Gasteiger partial charge is 0.376 e. The predicted octanol–water partition coefficient (Wildman–Crippen LogP) is 0.646. The first-order chi connectivity index (χ1) is 16.9. The van der Waals surface area contributed by atoms with Gasteiger partial charge in [0.1, 0.15) is 12.1 Å². The van der Waals surface area contributed by atoms with Crippen molar-refractivity contribution in [2.75, 3.05) is 11.9 Å². The van der Waals surface area contributed by atoms with Crippen LogP contribution in [0.1, 0.15) is 24.0 Å². The second kappa shape index (κ2) is 11.0. The summed E-state index contributed by atoms with van der Waals surface area (Å²) in [7, 11) is 0. The number of hydrogen-bond donors (Lipinski definition) is 5. The average Bonchev–Trinajstić information content (AvgIpc) is 3.49. The molecule has 2 aliphatic rings. The van der Waals surface area contributed by atoms with Crippen LogP contribution in [-0.4, -0.2) is 53.6 Å². The number of rotatable bonds is 9. The van der Waals surface area contributed by atoms with Crippen LogP contribution >= 0.6 is 0 Å². The van der Waals surface area contributed by atoms with Gasteiger partial charge >= 0.3 is 0 Å². The molecule has 0 aliphatic carbocycles. The molecule has 2 heterocycles. The van der Waals surface area contributed by atoms with Crippen molar-refractivity contribution in [3.8, 4) is 6.07 Å². The standard InChI is InChI=1S/C26H29N5O4/c27-15-23(32)20(14-18-10-11-28-24(18)33)30-25(34)21(12-16-6-2-1-3-7-16)31-26(35)22-13-17-8-4-5-9-19(17)29-22/h1-9,18,20-23,29,32H,10-14H2,(H,28,33)(H,30,34)(H,31,35)/t18-,20-,21-,22?,23+/m0/s1. The second-order valence-corrected chi connectivity index (χ2v) is 9.01. The number of para-hydroxylation sites is 1. The van der Waals surface area contributed by atoms with Crippen molar-refractivity contribution >= 4 is 23.4 Å². The summed E-state index contributed by atoms with van der Waals surface area (Å²) in [5.74, 6) is -1.39. The zero-order chi connectivity index (χ0) is 24.8. The Morgan fingerprint density at radius 3 is 2.54 bits per heavy atom. The highest BCUT2D eigenvalue weighted by Gasteiger charge is 2.34. The van der Waals surface area contributed by atoms with E-state index >= 15 is 0 Å². The highest BCUT2D eigenvalue weighted by atomic mass is 16.3. The Hall–Kier alpha value is -3.90. The fraction of sp³-hybridized carbons (Fsp3) is 0.385. The molecule has 0 radical (unpaired) electrons. The molecule has 2 aromatic rings. The van der Waals surface area contributed by atoms with Crippen molar-refractivity contribution in [2.24, 2.45) is 5.92 Å². The number of amides is 3. The van der Waals surface area contributed by atoms with Gasteiger partial charge in [-0.05, 0) is 30.0 Å². The molecule has 4 rings (SSSR count). The van der Waals surface area contributed by atoms with Crippen LogP contribution in [0.15, 0.2) is 54.6 Å². The topological polar surface area (TPSA) is 143 Å². The predicted molar refractivity (Wildman–Crippen MR) is 129 cm³/mol. The fourth-order valence-corrected chi connectivity index (χ4v) is 4.60. The maximum absolute atomic E-state index is 13.3. The SMILES string of the molecule is N#C[C@@H](O)[C@H](C[C@@H]1CCNC1=O)NC(=O)[C@H](Cc1ccccc1)NC(=O)C1Cc2ccccc2N1. The molecule has 35 heavy (non-hydrogen) atoms. The summed E-state index contributed by atoms with van der Waals surface area (Å²) in [5.41, 5.74) is 2.77. The lowest BCUT2D eigenvalue weighted by Crippen LogP contribution is -2.55. The third-order valence-electron chi connectivity index (χ3n) is 6.55. The van der Waals surface area contributed by atoms with Crippen LogP contribution in [0.25, 0.3) is 0 Å². The summed E-state index contributed by atoms with van der Waals surface area (Å²) >= 11 is 0. The van der Waals surface area contributed by atoms with Crippen molar-refractivity contribution in [1.29, 1.82) is 5.26 Å². The summed E-state index contributed by atoms with van der Waals surface area (Å²) in [4.78, 5) is 38.5. The number of fused-ring (bicyclic) bond motifs is 1. The van der Waals surface area contributed by atoms with Gasteiger partial charge in [-0.15, -0.1) is 0 Å². The summed E-state index contributed by atoms with van der Waals surface area (Å²) in [6.07, 6.45) is -0.0309. The number of carbonyl (C=O) groups excluding carboxylic acids is 3. The number of anilines is 1. The van der Waals surface area contributed by atoms with Crippen molar-refractivity contribution < 1.29 is 19.5 Å². The average molecular weight is 476 g/mol. The van der Waals surface area contributed by atoms with Gasteiger partial charge in [0.25, 0.3) is 0 Å². The van der Waals surface area contributed by atoms with Crippen LogP contribution in [0.5, 0.6) is 0 Å². The van der Waals surface area contributed by atoms with Gasteiger partial charge in [0, 0.05) is 31.0 Å². The van der Waals surface area contributed by atoms with E-state index in [0.717, 1.165) is 16.8 Å². The molecule has 1 unspecified atom stereocenters. The monoisotopic (exact) mass is 475 g/mol. The first-order valence-electron chi connectivity index (χ1n) is 11.8. The maximum Gasteiger partial charge on any atom is 0.243 e. The molecule has 1 fully saturated rings. The number of aliphatic hydroxyl groups excluding tert-OH is 1. The molecular weight excluding hydrogens is 446 g/mol. The maximum atomic E-state index is 13.3. The number of benzene rings is 2. The molecule has 182 valence electrons. The van der Waals surface area contributed by atoms with Crippen LogP contribution < -0.4 is 21.3 Å². The molecule has 5 atom stereocenters. The number of aliphatic hydroxyl groups is 1. The number of nitriles is 1. The minimum atomic E-state index is -1.48. The zero-order valence-corrected chi connectivity index (χ0v) is 19.2. The number of hydrogen-bond acceptors (Lipinski definition) is 6. The second-order valence-electron chi connectivity index (χ2n) is 9.01. The molecule has 5 N–H and O–H groups in total. The van der Waals surface area contributed by atoms with E-state index < -0.39 is 36.1 Å². The number of nitrogens with one attached hydrogen (secondary N) is 4. The Labute approximate surface area is 203 Å². The Kier molecular flexibility index (Phi) is 7.63. The first kappa shape index (κ1) is 24.2. The van der Waals surface area contributed by atoms with Gasteiger partial charge in [0.15, 0.2) is 6.10 Å². The van der Waals surface area contributed by atoms with E-state index in [2.05, 4.69) is 21.3 Å². The third-order valence-corrected chi connectivity index (χ3v) is 6.55. The number of nitrogens with zero attached hydrogens (tertiary/aromatic N) is 1. The normalized spacial score (nSPS) is 21.0. The van der Waals surface area contributed by atoms with Gasteiger partial charge in [-0.1, -0.05) is 48.5 Å². The Balaban J connectivity index is 1.47. The summed E-state index contributed by atoms with van der Waals surface area (Å²) in [6, 6.07) is 16.3. The minimum Gasteiger partial charge on any atom is -0.376 e. The molecular formula is C26H29N5O4. The Bertz CT molecular complexity index is 1090. The molecule has 3 amide bonds. The fourth-order valence-electron chi connectivity index (χ4n) is 4.60. The molecule has 0 saturated carbocycles. The summed E-state index contributed by atoms with van der Waals surface area (Å²) in [6.45, 7) is 0.524. The van der Waals surface area contributed by atoms with E-state index in [1.807, 2.05) is 54.6 Å². The van der Waals surface area contributed by atoms with Crippen molar-refractivity contribution in [3.05, 3.63) is 65.7 Å². The van der Waals surface area contributed by atoms with Crippen molar-refractivity contribution in [3.63, 3.8) is 0 Å². The molecule has 0 spiro atoms. The van der Waals surface area contributed by atoms with E-state index in [0.29, 0.717) is 19.4 Å². The van der Waals surface area contributed by atoms with Crippen LogP contribution in [0.2, 0.25) is 0 Å². The summed E-state index contributed by atoms with van der Waals surface area (Å²) < 4.78 is 0. The molecule has 2 aromatic carbocycles. The van der Waals surface area contributed by atoms with Crippen LogP contribution in [-0.2, 0) is 27.2 Å². The zero-order valence-electron chi connectivity index (χ0n) is 19.2. The van der Waals surface area contributed by atoms with Gasteiger partial charge in [-0.2, -0.15) is 5.26 Å². The molecule has 2 aliphatic heterocycles. The van der Waals surface area contributed by atoms with Crippen LogP contribution in [0, 0.1) is 17.2 Å². The molecule has 0 aromatic heterocycles. The van der Waals surface area contributed by atoms with Gasteiger partial charge in [0.05, 0.1) is 12.1 Å². The van der Waals surface area contributed by atoms with Crippen molar-refractivity contribution in [2.45, 2.75) is 49.9 Å². The highest BCUT2D eigenvalue weighted by Crippen LogP contribution is 2.25. The molecule has 9 nitrogen and oxygen atoms in total. The molecule has 0 bridgehead atoms. The lowest BCUT2D eigenvalue weighted by molar-refractivity contribution is -0.130. The van der Waals surface area contributed by atoms with Gasteiger partial charge in [-0.3, -0.25) is 14.4 Å². The van der Waals surface area contributed by atoms with E-state index in [9.17, 15) is 24.8 Å². The lowest BCUT2D eigenvalue weighted by Gasteiger charge is -2.26. The van der Waals surface area contributed by atoms with Crippen LogP contribution in [0.4, 0.5) is 5.69 Å².